The van der Waals surface area contributed by atoms with Gasteiger partial charge in [-0.3, -0.25) is 9.59 Å². The van der Waals surface area contributed by atoms with Gasteiger partial charge in [0.15, 0.2) is 0 Å². The maximum Gasteiger partial charge on any atom is 0.261 e. The van der Waals surface area contributed by atoms with Crippen molar-refractivity contribution in [1.82, 2.24) is 10.3 Å². The molecule has 2 N–H and O–H groups in total. The van der Waals surface area contributed by atoms with Gasteiger partial charge in [-0.1, -0.05) is 24.3 Å². The Labute approximate surface area is 162 Å². The highest BCUT2D eigenvalue weighted by molar-refractivity contribution is 7.98. The first kappa shape index (κ1) is 17.9. The smallest absolute Gasteiger partial charge is 0.261 e. The van der Waals surface area contributed by atoms with Crippen molar-refractivity contribution in [3.05, 3.63) is 62.9 Å². The molecule has 2 bridgehead atoms. The molecule has 2 aromatic rings. The molecule has 1 fully saturated rings. The zero-order valence-electron chi connectivity index (χ0n) is 15.1. The molecular formula is C21H21N3O2S. The molecule has 2 aliphatic rings. The summed E-state index contributed by atoms with van der Waals surface area (Å²) in [7, 11) is 0. The lowest BCUT2D eigenvalue weighted by Crippen LogP contribution is -2.43. The number of H-pyrrole nitrogens is 1. The van der Waals surface area contributed by atoms with Crippen LogP contribution in [-0.2, 0) is 12.8 Å². The van der Waals surface area contributed by atoms with E-state index in [0.29, 0.717) is 22.4 Å². The molecule has 1 aromatic carbocycles. The third kappa shape index (κ3) is 3.28. The zero-order chi connectivity index (χ0) is 19.0. The monoisotopic (exact) mass is 379 g/mol. The highest BCUT2D eigenvalue weighted by atomic mass is 32.2. The Hall–Kier alpha value is -2.52. The molecule has 6 heteroatoms. The first-order chi connectivity index (χ1) is 13.1. The Morgan fingerprint density at radius 3 is 2.41 bits per heavy atom. The number of carbonyl (C=O) groups is 1. The average molecular weight is 379 g/mol. The minimum absolute atomic E-state index is 0.0190. The summed E-state index contributed by atoms with van der Waals surface area (Å²) in [6.07, 6.45) is 5.89. The van der Waals surface area contributed by atoms with Crippen LogP contribution in [0, 0.1) is 23.2 Å². The van der Waals surface area contributed by atoms with Gasteiger partial charge in [0.2, 0.25) is 0 Å². The molecule has 0 radical (unpaired) electrons. The number of fused-ring (bicyclic) bond motifs is 3. The number of thioether (sulfide) groups is 1. The number of rotatable bonds is 3. The molecule has 1 amide bonds. The van der Waals surface area contributed by atoms with Gasteiger partial charge < -0.3 is 10.3 Å². The number of hydrogen-bond donors (Lipinski definition) is 2. The Bertz CT molecular complexity index is 959. The second kappa shape index (κ2) is 7.24. The number of nitrogens with zero attached hydrogens (tertiary/aromatic N) is 1. The standard InChI is InChI=1S/C21H21N3O2S/c1-27-21-16(11-22)10-17(20(26)24-21)19(25)23-18-14-6-7-15(18)9-13-5-3-2-4-12(13)8-14/h2-5,10,14-15,18H,6-9H2,1H3,(H,23,25)(H,24,26). The minimum Gasteiger partial charge on any atom is -0.349 e. The first-order valence-electron chi connectivity index (χ1n) is 9.19. The number of nitriles is 1. The van der Waals surface area contributed by atoms with E-state index in [-0.39, 0.29) is 17.5 Å². The van der Waals surface area contributed by atoms with Crippen molar-refractivity contribution in [2.45, 2.75) is 36.8 Å². The van der Waals surface area contributed by atoms with Gasteiger partial charge in [-0.25, -0.2) is 0 Å². The van der Waals surface area contributed by atoms with Crippen molar-refractivity contribution < 1.29 is 4.79 Å². The molecule has 2 aliphatic carbocycles. The normalized spacial score (nSPS) is 23.2. The highest BCUT2D eigenvalue weighted by Gasteiger charge is 2.40. The Morgan fingerprint density at radius 1 is 1.22 bits per heavy atom. The van der Waals surface area contributed by atoms with Crippen LogP contribution in [-0.4, -0.2) is 23.2 Å². The Balaban J connectivity index is 1.59. The van der Waals surface area contributed by atoms with Crippen LogP contribution in [0.1, 0.15) is 39.9 Å². The third-order valence-electron chi connectivity index (χ3n) is 5.88. The first-order valence-corrected chi connectivity index (χ1v) is 10.4. The average Bonchev–Trinajstić information content (AvgIpc) is 2.94. The molecule has 0 spiro atoms. The quantitative estimate of drug-likeness (QED) is 0.803. The summed E-state index contributed by atoms with van der Waals surface area (Å²) >= 11 is 1.29. The molecule has 2 unspecified atom stereocenters. The van der Waals surface area contributed by atoms with Crippen LogP contribution in [0.25, 0.3) is 0 Å². The van der Waals surface area contributed by atoms with Crippen molar-refractivity contribution >= 4 is 17.7 Å². The van der Waals surface area contributed by atoms with E-state index >= 15 is 0 Å². The van der Waals surface area contributed by atoms with E-state index in [1.807, 2.05) is 0 Å². The second-order valence-corrected chi connectivity index (χ2v) is 8.16. The van der Waals surface area contributed by atoms with Gasteiger partial charge >= 0.3 is 0 Å². The molecular weight excluding hydrogens is 358 g/mol. The molecule has 5 nitrogen and oxygen atoms in total. The SMILES string of the molecule is CSc1[nH]c(=O)c(C(=O)NC2C3CCC2Cc2ccccc2C3)cc1C#N. The van der Waals surface area contributed by atoms with E-state index in [9.17, 15) is 14.9 Å². The molecule has 0 saturated heterocycles. The number of pyridine rings is 1. The lowest BCUT2D eigenvalue weighted by Gasteiger charge is -2.23. The van der Waals surface area contributed by atoms with Crippen molar-refractivity contribution in [2.75, 3.05) is 6.26 Å². The fraction of sp³-hybridized carbons (Fsp3) is 0.381. The number of aromatic amines is 1. The summed E-state index contributed by atoms with van der Waals surface area (Å²) in [6.45, 7) is 0. The minimum atomic E-state index is -0.444. The maximum absolute atomic E-state index is 12.9. The van der Waals surface area contributed by atoms with Crippen LogP contribution in [0.2, 0.25) is 0 Å². The van der Waals surface area contributed by atoms with Gasteiger partial charge in [0.05, 0.1) is 10.6 Å². The van der Waals surface area contributed by atoms with E-state index in [2.05, 4.69) is 40.6 Å². The summed E-state index contributed by atoms with van der Waals surface area (Å²) in [5, 5.41) is 12.9. The molecule has 27 heavy (non-hydrogen) atoms. The van der Waals surface area contributed by atoms with Gasteiger partial charge in [0, 0.05) is 6.04 Å². The molecule has 2 atom stereocenters. The largest absolute Gasteiger partial charge is 0.349 e. The van der Waals surface area contributed by atoms with Crippen LogP contribution in [0.5, 0.6) is 0 Å². The van der Waals surface area contributed by atoms with E-state index < -0.39 is 5.56 Å². The van der Waals surface area contributed by atoms with Gasteiger partial charge in [0.1, 0.15) is 11.6 Å². The predicted molar refractivity (Wildman–Crippen MR) is 105 cm³/mol. The Morgan fingerprint density at radius 2 is 1.85 bits per heavy atom. The van der Waals surface area contributed by atoms with E-state index in [0.717, 1.165) is 25.7 Å². The summed E-state index contributed by atoms with van der Waals surface area (Å²) in [5.74, 6) is 0.401. The van der Waals surface area contributed by atoms with E-state index in [1.165, 1.54) is 29.0 Å². The molecule has 138 valence electrons. The van der Waals surface area contributed by atoms with Crippen molar-refractivity contribution in [1.29, 1.82) is 5.26 Å². The van der Waals surface area contributed by atoms with Crippen LogP contribution < -0.4 is 10.9 Å². The maximum atomic E-state index is 12.9. The van der Waals surface area contributed by atoms with E-state index in [4.69, 9.17) is 0 Å². The van der Waals surface area contributed by atoms with Gasteiger partial charge in [0.25, 0.3) is 11.5 Å². The van der Waals surface area contributed by atoms with Gasteiger partial charge in [-0.05, 0) is 61.0 Å². The molecule has 1 aromatic heterocycles. The number of hydrogen-bond acceptors (Lipinski definition) is 4. The Kier molecular flexibility index (Phi) is 4.79. The van der Waals surface area contributed by atoms with Crippen molar-refractivity contribution in [2.24, 2.45) is 11.8 Å². The van der Waals surface area contributed by atoms with Crippen LogP contribution in [0.4, 0.5) is 0 Å². The summed E-state index contributed by atoms with van der Waals surface area (Å²) in [6, 6.07) is 12.0. The summed E-state index contributed by atoms with van der Waals surface area (Å²) in [4.78, 5) is 27.8. The van der Waals surface area contributed by atoms with Crippen LogP contribution in [0.3, 0.4) is 0 Å². The summed E-state index contributed by atoms with van der Waals surface area (Å²) < 4.78 is 0. The molecule has 4 rings (SSSR count). The van der Waals surface area contributed by atoms with Crippen LogP contribution >= 0.6 is 11.8 Å². The zero-order valence-corrected chi connectivity index (χ0v) is 15.9. The fourth-order valence-electron chi connectivity index (χ4n) is 4.54. The van der Waals surface area contributed by atoms with Gasteiger partial charge in [-0.15, -0.1) is 11.8 Å². The fourth-order valence-corrected chi connectivity index (χ4v) is 5.06. The number of amides is 1. The van der Waals surface area contributed by atoms with Crippen molar-refractivity contribution in [3.63, 3.8) is 0 Å². The lowest BCUT2D eigenvalue weighted by atomic mass is 9.94. The summed E-state index contributed by atoms with van der Waals surface area (Å²) in [5.41, 5.74) is 2.64. The third-order valence-corrected chi connectivity index (χ3v) is 6.61. The number of carbonyl (C=O) groups excluding carboxylic acids is 1. The highest BCUT2D eigenvalue weighted by Crippen LogP contribution is 2.40. The molecule has 1 saturated carbocycles. The lowest BCUT2D eigenvalue weighted by molar-refractivity contribution is 0.0914. The van der Waals surface area contributed by atoms with E-state index in [1.54, 1.807) is 6.26 Å². The number of nitrogens with one attached hydrogen (secondary N) is 2. The van der Waals surface area contributed by atoms with Gasteiger partial charge in [-0.2, -0.15) is 5.26 Å². The van der Waals surface area contributed by atoms with Crippen molar-refractivity contribution in [3.8, 4) is 6.07 Å². The number of aromatic nitrogens is 1. The predicted octanol–water partition coefficient (Wildman–Crippen LogP) is 2.89. The second-order valence-electron chi connectivity index (χ2n) is 7.34. The topological polar surface area (TPSA) is 85.8 Å². The van der Waals surface area contributed by atoms with Crippen LogP contribution in [0.15, 0.2) is 40.2 Å². The molecule has 0 aliphatic heterocycles. The molecule has 1 heterocycles. The number of benzene rings is 1.